The molecule has 1 amide bonds. The van der Waals surface area contributed by atoms with E-state index in [9.17, 15) is 24.8 Å². The van der Waals surface area contributed by atoms with Gasteiger partial charge in [0, 0.05) is 12.1 Å². The van der Waals surface area contributed by atoms with Gasteiger partial charge in [0.2, 0.25) is 5.91 Å². The summed E-state index contributed by atoms with van der Waals surface area (Å²) in [5, 5.41) is 26.2. The van der Waals surface area contributed by atoms with Crippen molar-refractivity contribution in [1.82, 2.24) is 0 Å². The number of amides is 1. The summed E-state index contributed by atoms with van der Waals surface area (Å²) in [7, 11) is 0. The number of anilines is 1. The second-order valence-corrected chi connectivity index (χ2v) is 6.24. The topological polar surface area (TPSA) is 133 Å². The van der Waals surface area contributed by atoms with Gasteiger partial charge in [-0.1, -0.05) is 11.6 Å². The zero-order valence-corrected chi connectivity index (χ0v) is 15.5. The van der Waals surface area contributed by atoms with Crippen molar-refractivity contribution in [2.45, 2.75) is 26.3 Å². The smallest absolute Gasteiger partial charge is 0.271 e. The summed E-state index contributed by atoms with van der Waals surface area (Å²) in [5.74, 6) is -1.94. The molecule has 0 saturated heterocycles. The number of carboxylic acid groups (broad SMARTS) is 1. The second kappa shape index (κ2) is 10.7. The predicted octanol–water partition coefficient (Wildman–Crippen LogP) is -1.82. The Labute approximate surface area is 156 Å². The number of likely N-dealkylation sites (N-methyl/N-ethyl adjacent to an activating group) is 1. The molecule has 9 nitrogen and oxygen atoms in total. The van der Waals surface area contributed by atoms with Gasteiger partial charge in [-0.15, -0.1) is 0 Å². The van der Waals surface area contributed by atoms with Crippen LogP contribution in [0.5, 0.6) is 0 Å². The molecule has 0 aromatic heterocycles. The largest absolute Gasteiger partial charge is 0.544 e. The quantitative estimate of drug-likeness (QED) is 0.304. The lowest BCUT2D eigenvalue weighted by Gasteiger charge is -2.19. The van der Waals surface area contributed by atoms with Crippen LogP contribution in [-0.4, -0.2) is 49.0 Å². The van der Waals surface area contributed by atoms with E-state index in [-0.39, 0.29) is 22.8 Å². The van der Waals surface area contributed by atoms with Crippen molar-refractivity contribution in [1.29, 1.82) is 0 Å². The van der Waals surface area contributed by atoms with Crippen LogP contribution >= 0.6 is 11.6 Å². The molecule has 0 radical (unpaired) electrons. The Morgan fingerprint density at radius 1 is 1.35 bits per heavy atom. The minimum absolute atomic E-state index is 0.0653. The molecule has 0 heterocycles. The zero-order valence-electron chi connectivity index (χ0n) is 14.8. The molecule has 1 aromatic rings. The summed E-state index contributed by atoms with van der Waals surface area (Å²) < 4.78 is 0. The number of carbonyl (C=O) groups excluding carboxylic acids is 2. The van der Waals surface area contributed by atoms with Gasteiger partial charge in [0.15, 0.2) is 0 Å². The summed E-state index contributed by atoms with van der Waals surface area (Å²) in [6.07, 6.45) is -0.324. The normalized spacial score (nSPS) is 12.0. The molecule has 0 fully saturated rings. The lowest BCUT2D eigenvalue weighted by molar-refractivity contribution is -0.910. The molecular formula is C16H24ClN4O5+. The van der Waals surface area contributed by atoms with Crippen LogP contribution in [0.1, 0.15) is 20.3 Å². The predicted molar refractivity (Wildman–Crippen MR) is 93.9 cm³/mol. The maximum absolute atomic E-state index is 12.1. The number of benzene rings is 1. The third-order valence-electron chi connectivity index (χ3n) is 4.09. The summed E-state index contributed by atoms with van der Waals surface area (Å²) in [5.41, 5.74) is -0.162. The Balaban J connectivity index is 2.66. The van der Waals surface area contributed by atoms with Crippen LogP contribution in [0.25, 0.3) is 0 Å². The highest BCUT2D eigenvalue weighted by atomic mass is 35.5. The van der Waals surface area contributed by atoms with Gasteiger partial charge in [0.25, 0.3) is 5.69 Å². The van der Waals surface area contributed by atoms with Crippen molar-refractivity contribution in [3.63, 3.8) is 0 Å². The Morgan fingerprint density at radius 2 is 2.00 bits per heavy atom. The molecule has 1 rings (SSSR count). The maximum Gasteiger partial charge on any atom is 0.271 e. The van der Waals surface area contributed by atoms with E-state index in [1.165, 1.54) is 17.0 Å². The van der Waals surface area contributed by atoms with E-state index >= 15 is 0 Å². The first-order chi connectivity index (χ1) is 12.3. The first-order valence-corrected chi connectivity index (χ1v) is 8.77. The number of hydrogen-bond donors (Lipinski definition) is 3. The minimum atomic E-state index is -1.33. The number of carbonyl (C=O) groups is 2. The number of non-ortho nitro benzene ring substituents is 1. The zero-order chi connectivity index (χ0) is 19.7. The van der Waals surface area contributed by atoms with Crippen LogP contribution in [0.2, 0.25) is 5.02 Å². The Kier molecular flexibility index (Phi) is 8.97. The van der Waals surface area contributed by atoms with Crippen LogP contribution in [0.3, 0.4) is 0 Å². The molecule has 1 aromatic carbocycles. The highest BCUT2D eigenvalue weighted by Gasteiger charge is 2.20. The number of nitrogens with one attached hydrogen (secondary N) is 2. The SMILES string of the molecule is CC[NH+](CC)CC[NH2+][C@@H](CC(=O)Nc1cc([N+](=O)[O-])ccc1Cl)C(=O)[O-]. The minimum Gasteiger partial charge on any atom is -0.544 e. The van der Waals surface area contributed by atoms with Crippen molar-refractivity contribution in [2.24, 2.45) is 0 Å². The third kappa shape index (κ3) is 6.95. The van der Waals surface area contributed by atoms with Gasteiger partial charge in [-0.2, -0.15) is 0 Å². The number of rotatable bonds is 11. The van der Waals surface area contributed by atoms with Gasteiger partial charge in [0.1, 0.15) is 19.1 Å². The lowest BCUT2D eigenvalue weighted by atomic mass is 10.2. The third-order valence-corrected chi connectivity index (χ3v) is 4.42. The summed E-state index contributed by atoms with van der Waals surface area (Å²) in [6, 6.07) is 2.60. The van der Waals surface area contributed by atoms with E-state index in [4.69, 9.17) is 11.6 Å². The van der Waals surface area contributed by atoms with E-state index in [0.29, 0.717) is 6.54 Å². The van der Waals surface area contributed by atoms with Gasteiger partial charge in [-0.3, -0.25) is 14.9 Å². The van der Waals surface area contributed by atoms with E-state index in [0.717, 1.165) is 25.7 Å². The Hall–Kier alpha value is -2.23. The lowest BCUT2D eigenvalue weighted by Crippen LogP contribution is -3.14. The van der Waals surface area contributed by atoms with Gasteiger partial charge < -0.3 is 25.4 Å². The van der Waals surface area contributed by atoms with E-state index in [1.54, 1.807) is 5.32 Å². The first kappa shape index (κ1) is 21.8. The Bertz CT molecular complexity index is 652. The molecule has 0 aliphatic rings. The van der Waals surface area contributed by atoms with Crippen molar-refractivity contribution >= 4 is 34.9 Å². The van der Waals surface area contributed by atoms with Crippen molar-refractivity contribution < 1.29 is 29.8 Å². The molecule has 0 aliphatic heterocycles. The molecule has 4 N–H and O–H groups in total. The van der Waals surface area contributed by atoms with Crippen molar-refractivity contribution in [2.75, 3.05) is 31.5 Å². The van der Waals surface area contributed by atoms with Crippen LogP contribution in [0.15, 0.2) is 18.2 Å². The number of nitrogens with two attached hydrogens (primary N) is 1. The van der Waals surface area contributed by atoms with Gasteiger partial charge in [-0.05, 0) is 19.9 Å². The first-order valence-electron chi connectivity index (χ1n) is 8.40. The number of aliphatic carboxylic acids is 1. The molecule has 1 atom stereocenters. The van der Waals surface area contributed by atoms with E-state index in [2.05, 4.69) is 5.32 Å². The number of hydrogen-bond acceptors (Lipinski definition) is 5. The number of carboxylic acids is 1. The number of halogens is 1. The molecule has 0 bridgehead atoms. The molecule has 0 aliphatic carbocycles. The standard InChI is InChI=1S/C16H23ClN4O5/c1-3-20(4-2)8-7-18-14(16(23)24)10-15(22)19-13-9-11(21(25)26)5-6-12(13)17/h5-6,9,14,18H,3-4,7-8,10H2,1-2H3,(H,19,22)(H,23,24)/p+1/t14-/m0/s1. The van der Waals surface area contributed by atoms with Gasteiger partial charge in [-0.25, -0.2) is 0 Å². The van der Waals surface area contributed by atoms with E-state index in [1.807, 2.05) is 13.8 Å². The number of nitrogens with zero attached hydrogens (tertiary/aromatic N) is 1. The van der Waals surface area contributed by atoms with Crippen molar-refractivity contribution in [3.05, 3.63) is 33.3 Å². The highest BCUT2D eigenvalue weighted by molar-refractivity contribution is 6.33. The van der Waals surface area contributed by atoms with Gasteiger partial charge >= 0.3 is 0 Å². The fourth-order valence-corrected chi connectivity index (χ4v) is 2.64. The summed E-state index contributed by atoms with van der Waals surface area (Å²) in [6.45, 7) is 7.28. The molecule has 144 valence electrons. The molecule has 26 heavy (non-hydrogen) atoms. The molecule has 0 unspecified atom stereocenters. The number of nitro groups is 1. The number of nitro benzene ring substituents is 1. The molecule has 0 spiro atoms. The van der Waals surface area contributed by atoms with Crippen molar-refractivity contribution in [3.8, 4) is 0 Å². The van der Waals surface area contributed by atoms with Crippen LogP contribution in [-0.2, 0) is 9.59 Å². The highest BCUT2D eigenvalue weighted by Crippen LogP contribution is 2.26. The molecule has 10 heteroatoms. The number of quaternary nitrogens is 2. The van der Waals surface area contributed by atoms with Crippen LogP contribution in [0.4, 0.5) is 11.4 Å². The summed E-state index contributed by atoms with van der Waals surface area (Å²) >= 11 is 5.92. The summed E-state index contributed by atoms with van der Waals surface area (Å²) in [4.78, 5) is 34.9. The fourth-order valence-electron chi connectivity index (χ4n) is 2.48. The van der Waals surface area contributed by atoms with E-state index < -0.39 is 22.8 Å². The van der Waals surface area contributed by atoms with Crippen LogP contribution in [0, 0.1) is 10.1 Å². The Morgan fingerprint density at radius 3 is 2.54 bits per heavy atom. The molecule has 0 saturated carbocycles. The van der Waals surface area contributed by atoms with Crippen LogP contribution < -0.4 is 20.6 Å². The second-order valence-electron chi connectivity index (χ2n) is 5.83. The average Bonchev–Trinajstić information content (AvgIpc) is 2.59. The maximum atomic E-state index is 12.1. The van der Waals surface area contributed by atoms with Gasteiger partial charge in [0.05, 0.1) is 41.1 Å². The monoisotopic (exact) mass is 387 g/mol. The average molecular weight is 388 g/mol. The molecular weight excluding hydrogens is 364 g/mol. The fraction of sp³-hybridized carbons (Fsp3) is 0.500.